The van der Waals surface area contributed by atoms with Crippen LogP contribution in [0.1, 0.15) is 18.9 Å². The number of hydrogen-bond donors (Lipinski definition) is 0. The summed E-state index contributed by atoms with van der Waals surface area (Å²) in [5.74, 6) is 0. The minimum atomic E-state index is 0.259. The van der Waals surface area contributed by atoms with Crippen molar-refractivity contribution in [1.82, 2.24) is 0 Å². The Kier molecular flexibility index (Phi) is 5.27. The van der Waals surface area contributed by atoms with Gasteiger partial charge in [0.2, 0.25) is 0 Å². The van der Waals surface area contributed by atoms with Gasteiger partial charge in [-0.2, -0.15) is 0 Å². The number of benzene rings is 1. The summed E-state index contributed by atoms with van der Waals surface area (Å²) < 4.78 is 10.6. The summed E-state index contributed by atoms with van der Waals surface area (Å²) in [6.07, 6.45) is 1.21. The van der Waals surface area contributed by atoms with E-state index in [0.29, 0.717) is 6.61 Å². The molecule has 1 aromatic carbocycles. The standard InChI is InChI=1S/C12H18O2/c1-11(8-9-13-2)14-10-12-6-4-3-5-7-12/h3-7,11H,8-10H2,1-2H3. The van der Waals surface area contributed by atoms with Gasteiger partial charge in [0, 0.05) is 13.7 Å². The Balaban J connectivity index is 2.20. The van der Waals surface area contributed by atoms with Gasteiger partial charge in [-0.1, -0.05) is 30.3 Å². The average molecular weight is 194 g/mol. The minimum Gasteiger partial charge on any atom is -0.385 e. The summed E-state index contributed by atoms with van der Waals surface area (Å²) in [6, 6.07) is 10.2. The molecule has 0 heterocycles. The Morgan fingerprint density at radius 2 is 1.93 bits per heavy atom. The molecule has 0 spiro atoms. The second kappa shape index (κ2) is 6.57. The number of rotatable bonds is 6. The largest absolute Gasteiger partial charge is 0.385 e. The van der Waals surface area contributed by atoms with E-state index in [1.54, 1.807) is 7.11 Å². The van der Waals surface area contributed by atoms with Crippen LogP contribution in [0.5, 0.6) is 0 Å². The molecule has 78 valence electrons. The molecule has 0 aromatic heterocycles. The molecule has 0 amide bonds. The molecule has 0 radical (unpaired) electrons. The van der Waals surface area contributed by atoms with Gasteiger partial charge < -0.3 is 9.47 Å². The molecule has 1 aromatic rings. The smallest absolute Gasteiger partial charge is 0.0720 e. The Bertz CT molecular complexity index is 233. The molecule has 0 fully saturated rings. The van der Waals surface area contributed by atoms with Crippen molar-refractivity contribution in [3.05, 3.63) is 35.9 Å². The fraction of sp³-hybridized carbons (Fsp3) is 0.500. The van der Waals surface area contributed by atoms with Crippen molar-refractivity contribution in [2.45, 2.75) is 26.1 Å². The van der Waals surface area contributed by atoms with Crippen LogP contribution in [0, 0.1) is 0 Å². The molecule has 2 nitrogen and oxygen atoms in total. The molecule has 1 rings (SSSR count). The monoisotopic (exact) mass is 194 g/mol. The van der Waals surface area contributed by atoms with Crippen LogP contribution in [-0.2, 0) is 16.1 Å². The summed E-state index contributed by atoms with van der Waals surface area (Å²) >= 11 is 0. The van der Waals surface area contributed by atoms with Gasteiger partial charge in [0.15, 0.2) is 0 Å². The molecule has 0 aliphatic carbocycles. The summed E-state index contributed by atoms with van der Waals surface area (Å²) in [7, 11) is 1.71. The zero-order chi connectivity index (χ0) is 10.2. The minimum absolute atomic E-state index is 0.259. The highest BCUT2D eigenvalue weighted by Gasteiger charge is 2.01. The Hall–Kier alpha value is -0.860. The van der Waals surface area contributed by atoms with E-state index in [0.717, 1.165) is 13.0 Å². The van der Waals surface area contributed by atoms with E-state index < -0.39 is 0 Å². The first-order valence-corrected chi connectivity index (χ1v) is 4.97. The van der Waals surface area contributed by atoms with E-state index in [9.17, 15) is 0 Å². The van der Waals surface area contributed by atoms with Crippen molar-refractivity contribution in [3.63, 3.8) is 0 Å². The molecular weight excluding hydrogens is 176 g/mol. The van der Waals surface area contributed by atoms with Crippen molar-refractivity contribution < 1.29 is 9.47 Å². The highest BCUT2D eigenvalue weighted by Crippen LogP contribution is 2.05. The number of methoxy groups -OCH3 is 1. The Morgan fingerprint density at radius 3 is 2.57 bits per heavy atom. The van der Waals surface area contributed by atoms with Crippen LogP contribution in [0.2, 0.25) is 0 Å². The van der Waals surface area contributed by atoms with E-state index in [4.69, 9.17) is 9.47 Å². The predicted molar refractivity (Wildman–Crippen MR) is 57.2 cm³/mol. The maximum absolute atomic E-state index is 5.65. The first kappa shape index (κ1) is 11.2. The third-order valence-electron chi connectivity index (χ3n) is 2.11. The van der Waals surface area contributed by atoms with E-state index in [1.807, 2.05) is 18.2 Å². The molecule has 0 bridgehead atoms. The fourth-order valence-electron chi connectivity index (χ4n) is 1.18. The van der Waals surface area contributed by atoms with Gasteiger partial charge >= 0.3 is 0 Å². The second-order valence-electron chi connectivity index (χ2n) is 3.39. The fourth-order valence-corrected chi connectivity index (χ4v) is 1.18. The zero-order valence-electron chi connectivity index (χ0n) is 8.90. The van der Waals surface area contributed by atoms with Crippen LogP contribution in [0.4, 0.5) is 0 Å². The van der Waals surface area contributed by atoms with Crippen molar-refractivity contribution in [3.8, 4) is 0 Å². The predicted octanol–water partition coefficient (Wildman–Crippen LogP) is 2.63. The van der Waals surface area contributed by atoms with Crippen LogP contribution < -0.4 is 0 Å². The maximum Gasteiger partial charge on any atom is 0.0720 e. The molecule has 0 aliphatic rings. The SMILES string of the molecule is COCCC(C)OCc1ccccc1. The molecule has 0 saturated heterocycles. The summed E-state index contributed by atoms with van der Waals surface area (Å²) in [4.78, 5) is 0. The van der Waals surface area contributed by atoms with Crippen LogP contribution in [-0.4, -0.2) is 19.8 Å². The molecule has 0 aliphatic heterocycles. The molecule has 2 heteroatoms. The Morgan fingerprint density at radius 1 is 1.21 bits per heavy atom. The van der Waals surface area contributed by atoms with E-state index in [-0.39, 0.29) is 6.10 Å². The average Bonchev–Trinajstić information content (AvgIpc) is 2.25. The second-order valence-corrected chi connectivity index (χ2v) is 3.39. The number of ether oxygens (including phenoxy) is 2. The lowest BCUT2D eigenvalue weighted by Gasteiger charge is -2.12. The van der Waals surface area contributed by atoms with Gasteiger partial charge in [-0.25, -0.2) is 0 Å². The summed E-state index contributed by atoms with van der Waals surface area (Å²) in [5.41, 5.74) is 1.22. The molecule has 1 unspecified atom stereocenters. The van der Waals surface area contributed by atoms with E-state index in [2.05, 4.69) is 19.1 Å². The van der Waals surface area contributed by atoms with Crippen LogP contribution in [0.25, 0.3) is 0 Å². The molecule has 0 N–H and O–H groups in total. The summed E-state index contributed by atoms with van der Waals surface area (Å²) in [5, 5.41) is 0. The lowest BCUT2D eigenvalue weighted by molar-refractivity contribution is 0.0301. The van der Waals surface area contributed by atoms with Gasteiger partial charge in [-0.05, 0) is 18.9 Å². The van der Waals surface area contributed by atoms with Gasteiger partial charge in [-0.3, -0.25) is 0 Å². The van der Waals surface area contributed by atoms with Crippen LogP contribution >= 0.6 is 0 Å². The van der Waals surface area contributed by atoms with Crippen molar-refractivity contribution in [2.75, 3.05) is 13.7 Å². The van der Waals surface area contributed by atoms with Crippen molar-refractivity contribution in [2.24, 2.45) is 0 Å². The van der Waals surface area contributed by atoms with Crippen molar-refractivity contribution in [1.29, 1.82) is 0 Å². The van der Waals surface area contributed by atoms with Crippen molar-refractivity contribution >= 4 is 0 Å². The van der Waals surface area contributed by atoms with Gasteiger partial charge in [-0.15, -0.1) is 0 Å². The first-order valence-electron chi connectivity index (χ1n) is 4.97. The summed E-state index contributed by atoms with van der Waals surface area (Å²) in [6.45, 7) is 3.52. The third-order valence-corrected chi connectivity index (χ3v) is 2.11. The molecule has 0 saturated carbocycles. The van der Waals surface area contributed by atoms with Crippen LogP contribution in [0.15, 0.2) is 30.3 Å². The molecule has 14 heavy (non-hydrogen) atoms. The lowest BCUT2D eigenvalue weighted by atomic mass is 10.2. The van der Waals surface area contributed by atoms with Gasteiger partial charge in [0.05, 0.1) is 12.7 Å². The Labute approximate surface area is 85.8 Å². The topological polar surface area (TPSA) is 18.5 Å². The first-order chi connectivity index (χ1) is 6.83. The van der Waals surface area contributed by atoms with E-state index in [1.165, 1.54) is 5.56 Å². The highest BCUT2D eigenvalue weighted by molar-refractivity contribution is 5.13. The van der Waals surface area contributed by atoms with Gasteiger partial charge in [0.1, 0.15) is 0 Å². The van der Waals surface area contributed by atoms with Gasteiger partial charge in [0.25, 0.3) is 0 Å². The molecule has 1 atom stereocenters. The number of hydrogen-bond acceptors (Lipinski definition) is 2. The lowest BCUT2D eigenvalue weighted by Crippen LogP contribution is -2.10. The highest BCUT2D eigenvalue weighted by atomic mass is 16.5. The maximum atomic E-state index is 5.65. The molecular formula is C12H18O2. The zero-order valence-corrected chi connectivity index (χ0v) is 8.90. The van der Waals surface area contributed by atoms with E-state index >= 15 is 0 Å². The van der Waals surface area contributed by atoms with Crippen LogP contribution in [0.3, 0.4) is 0 Å². The quantitative estimate of drug-likeness (QED) is 0.693. The normalized spacial score (nSPS) is 12.7. The third kappa shape index (κ3) is 4.40.